The third-order valence-electron chi connectivity index (χ3n) is 3.32. The van der Waals surface area contributed by atoms with Crippen molar-refractivity contribution in [2.45, 2.75) is 23.7 Å². The molecule has 124 valence electrons. The second-order valence-corrected chi connectivity index (χ2v) is 5.81. The number of non-ortho nitro benzene ring substituents is 1. The molecule has 0 saturated carbocycles. The summed E-state index contributed by atoms with van der Waals surface area (Å²) in [5.74, 6) is 0.613. The number of nitro benzene ring substituents is 1. The number of nitrogens with zero attached hydrogens (tertiary/aromatic N) is 7. The van der Waals surface area contributed by atoms with E-state index < -0.39 is 4.92 Å². The van der Waals surface area contributed by atoms with Gasteiger partial charge in [-0.25, -0.2) is 0 Å². The van der Waals surface area contributed by atoms with E-state index in [1.54, 1.807) is 24.3 Å². The standard InChI is InChI=1S/C15H11N7O2S/c1-2-21-14(10-3-6-12(7-4-10)22(23)24)19-20-15(21)25-13-8-5-11(9-16)17-18-13/h3-8H,2H2,1H3. The van der Waals surface area contributed by atoms with Crippen LogP contribution in [0, 0.1) is 21.4 Å². The number of benzene rings is 1. The molecule has 0 saturated heterocycles. The lowest BCUT2D eigenvalue weighted by atomic mass is 10.2. The van der Waals surface area contributed by atoms with Crippen molar-refractivity contribution in [2.75, 3.05) is 0 Å². The Morgan fingerprint density at radius 1 is 1.16 bits per heavy atom. The van der Waals surface area contributed by atoms with Gasteiger partial charge in [0, 0.05) is 24.2 Å². The number of hydrogen-bond acceptors (Lipinski definition) is 8. The van der Waals surface area contributed by atoms with Crippen molar-refractivity contribution in [3.05, 3.63) is 52.2 Å². The summed E-state index contributed by atoms with van der Waals surface area (Å²) in [5.41, 5.74) is 0.999. The van der Waals surface area contributed by atoms with Crippen LogP contribution in [0.3, 0.4) is 0 Å². The number of hydrogen-bond donors (Lipinski definition) is 0. The van der Waals surface area contributed by atoms with Gasteiger partial charge in [-0.2, -0.15) is 5.26 Å². The van der Waals surface area contributed by atoms with E-state index in [2.05, 4.69) is 20.4 Å². The molecular formula is C15H11N7O2S. The van der Waals surface area contributed by atoms with E-state index in [0.717, 1.165) is 5.56 Å². The van der Waals surface area contributed by atoms with Crippen LogP contribution in [0.5, 0.6) is 0 Å². The molecule has 1 aromatic carbocycles. The molecule has 0 N–H and O–H groups in total. The molecule has 0 aliphatic carbocycles. The summed E-state index contributed by atoms with van der Waals surface area (Å²) in [6, 6.07) is 11.3. The first-order valence-corrected chi connectivity index (χ1v) is 8.03. The highest BCUT2D eigenvalue weighted by atomic mass is 32.2. The fourth-order valence-corrected chi connectivity index (χ4v) is 2.93. The third kappa shape index (κ3) is 3.46. The lowest BCUT2D eigenvalue weighted by Crippen LogP contribution is -2.00. The first kappa shape index (κ1) is 16.5. The second-order valence-electron chi connectivity index (χ2n) is 4.83. The highest BCUT2D eigenvalue weighted by Crippen LogP contribution is 2.28. The molecule has 2 aromatic heterocycles. The summed E-state index contributed by atoms with van der Waals surface area (Å²) in [6.07, 6.45) is 0. The van der Waals surface area contributed by atoms with Crippen LogP contribution < -0.4 is 0 Å². The van der Waals surface area contributed by atoms with Crippen LogP contribution in [-0.2, 0) is 6.54 Å². The minimum absolute atomic E-state index is 0.0220. The predicted octanol–water partition coefficient (Wildman–Crippen LogP) is 2.69. The summed E-state index contributed by atoms with van der Waals surface area (Å²) in [6.45, 7) is 2.57. The van der Waals surface area contributed by atoms with Crippen molar-refractivity contribution in [2.24, 2.45) is 0 Å². The molecule has 0 aliphatic rings. The van der Waals surface area contributed by atoms with Crippen LogP contribution in [0.15, 0.2) is 46.6 Å². The Hall–Kier alpha value is -3.32. The molecule has 3 aromatic rings. The van der Waals surface area contributed by atoms with E-state index in [0.29, 0.717) is 22.6 Å². The van der Waals surface area contributed by atoms with Crippen molar-refractivity contribution in [3.63, 3.8) is 0 Å². The molecule has 0 bridgehead atoms. The van der Waals surface area contributed by atoms with Crippen LogP contribution in [0.2, 0.25) is 0 Å². The maximum atomic E-state index is 10.8. The predicted molar refractivity (Wildman–Crippen MR) is 88.7 cm³/mol. The highest BCUT2D eigenvalue weighted by molar-refractivity contribution is 7.99. The van der Waals surface area contributed by atoms with Crippen LogP contribution in [-0.4, -0.2) is 29.9 Å². The van der Waals surface area contributed by atoms with Gasteiger partial charge in [0.05, 0.1) is 4.92 Å². The fraction of sp³-hybridized carbons (Fsp3) is 0.133. The molecule has 0 fully saturated rings. The van der Waals surface area contributed by atoms with E-state index >= 15 is 0 Å². The highest BCUT2D eigenvalue weighted by Gasteiger charge is 2.15. The van der Waals surface area contributed by atoms with Gasteiger partial charge < -0.3 is 4.57 Å². The lowest BCUT2D eigenvalue weighted by Gasteiger charge is -2.06. The van der Waals surface area contributed by atoms with Gasteiger partial charge in [0.1, 0.15) is 11.1 Å². The molecule has 9 nitrogen and oxygen atoms in total. The Balaban J connectivity index is 1.90. The normalized spacial score (nSPS) is 10.4. The molecule has 0 spiro atoms. The van der Waals surface area contributed by atoms with Gasteiger partial charge in [-0.05, 0) is 43.0 Å². The molecule has 3 rings (SSSR count). The van der Waals surface area contributed by atoms with Crippen molar-refractivity contribution < 1.29 is 4.92 Å². The quantitative estimate of drug-likeness (QED) is 0.506. The topological polar surface area (TPSA) is 123 Å². The minimum Gasteiger partial charge on any atom is -0.302 e. The van der Waals surface area contributed by atoms with E-state index in [1.807, 2.05) is 17.6 Å². The fourth-order valence-electron chi connectivity index (χ4n) is 2.12. The molecule has 0 atom stereocenters. The van der Waals surface area contributed by atoms with Gasteiger partial charge in [0.15, 0.2) is 16.7 Å². The van der Waals surface area contributed by atoms with Crippen LogP contribution in [0.25, 0.3) is 11.4 Å². The largest absolute Gasteiger partial charge is 0.302 e. The SMILES string of the molecule is CCn1c(Sc2ccc(C#N)nn2)nnc1-c1ccc([N+](=O)[O-])cc1. The van der Waals surface area contributed by atoms with Crippen molar-refractivity contribution >= 4 is 17.4 Å². The Morgan fingerprint density at radius 3 is 2.48 bits per heavy atom. The third-order valence-corrected chi connectivity index (χ3v) is 4.23. The molecule has 0 unspecified atom stereocenters. The van der Waals surface area contributed by atoms with E-state index in [1.165, 1.54) is 23.9 Å². The monoisotopic (exact) mass is 353 g/mol. The number of rotatable bonds is 5. The summed E-state index contributed by atoms with van der Waals surface area (Å²) in [4.78, 5) is 10.3. The molecule has 0 aliphatic heterocycles. The first-order chi connectivity index (χ1) is 12.1. The zero-order chi connectivity index (χ0) is 17.8. The molecule has 0 radical (unpaired) electrons. The first-order valence-electron chi connectivity index (χ1n) is 7.22. The average Bonchev–Trinajstić information content (AvgIpc) is 3.05. The molecule has 2 heterocycles. The van der Waals surface area contributed by atoms with Gasteiger partial charge >= 0.3 is 0 Å². The van der Waals surface area contributed by atoms with Gasteiger partial charge in [-0.3, -0.25) is 10.1 Å². The summed E-state index contributed by atoms with van der Waals surface area (Å²) >= 11 is 1.28. The number of nitro groups is 1. The second kappa shape index (κ2) is 7.06. The van der Waals surface area contributed by atoms with Crippen LogP contribution in [0.1, 0.15) is 12.6 Å². The van der Waals surface area contributed by atoms with Gasteiger partial charge in [0.25, 0.3) is 5.69 Å². The van der Waals surface area contributed by atoms with Gasteiger partial charge in [-0.1, -0.05) is 0 Å². The Labute approximate surface area is 146 Å². The molecular weight excluding hydrogens is 342 g/mol. The van der Waals surface area contributed by atoms with Crippen LogP contribution >= 0.6 is 11.8 Å². The average molecular weight is 353 g/mol. The Bertz CT molecular complexity index is 946. The van der Waals surface area contributed by atoms with Crippen molar-refractivity contribution in [3.8, 4) is 17.5 Å². The zero-order valence-corrected chi connectivity index (χ0v) is 13.8. The van der Waals surface area contributed by atoms with Gasteiger partial charge in [-0.15, -0.1) is 20.4 Å². The molecule has 10 heteroatoms. The Kier molecular flexibility index (Phi) is 4.67. The van der Waals surface area contributed by atoms with Crippen molar-refractivity contribution in [1.82, 2.24) is 25.0 Å². The molecule has 25 heavy (non-hydrogen) atoms. The summed E-state index contributed by atoms with van der Waals surface area (Å²) < 4.78 is 1.88. The number of nitriles is 1. The maximum absolute atomic E-state index is 10.8. The lowest BCUT2D eigenvalue weighted by molar-refractivity contribution is -0.384. The smallest absolute Gasteiger partial charge is 0.269 e. The summed E-state index contributed by atoms with van der Waals surface area (Å²) in [5, 5.41) is 36.8. The van der Waals surface area contributed by atoms with Crippen LogP contribution in [0.4, 0.5) is 5.69 Å². The van der Waals surface area contributed by atoms with E-state index in [-0.39, 0.29) is 11.4 Å². The number of aromatic nitrogens is 5. The van der Waals surface area contributed by atoms with E-state index in [9.17, 15) is 10.1 Å². The van der Waals surface area contributed by atoms with Crippen molar-refractivity contribution in [1.29, 1.82) is 5.26 Å². The van der Waals surface area contributed by atoms with E-state index in [4.69, 9.17) is 5.26 Å². The molecule has 0 amide bonds. The van der Waals surface area contributed by atoms with Gasteiger partial charge in [0.2, 0.25) is 0 Å². The summed E-state index contributed by atoms with van der Waals surface area (Å²) in [7, 11) is 0. The Morgan fingerprint density at radius 2 is 1.92 bits per heavy atom. The zero-order valence-electron chi connectivity index (χ0n) is 13.0. The maximum Gasteiger partial charge on any atom is 0.269 e. The minimum atomic E-state index is -0.445.